The summed E-state index contributed by atoms with van der Waals surface area (Å²) in [7, 11) is 1.61. The van der Waals surface area contributed by atoms with Gasteiger partial charge in [-0.2, -0.15) is 0 Å². The number of likely N-dealkylation sites (N-methyl/N-ethyl adjacent to an activating group) is 1. The lowest BCUT2D eigenvalue weighted by molar-refractivity contribution is -0.870. The van der Waals surface area contributed by atoms with E-state index in [0.29, 0.717) is 23.9 Å². The lowest BCUT2D eigenvalue weighted by atomic mass is 10.0. The molecule has 0 aromatic carbocycles. The zero-order chi connectivity index (χ0) is 48.5. The summed E-state index contributed by atoms with van der Waals surface area (Å²) in [5.74, 6) is -0.148. The number of hydrogen-bond donors (Lipinski definition) is 3. The van der Waals surface area contributed by atoms with Crippen molar-refractivity contribution in [2.45, 2.75) is 244 Å². The van der Waals surface area contributed by atoms with Crippen LogP contribution in [0, 0.1) is 0 Å². The molecule has 0 heterocycles. The fourth-order valence-electron chi connectivity index (χ4n) is 7.70. The Morgan fingerprint density at radius 2 is 0.909 bits per heavy atom. The van der Waals surface area contributed by atoms with Gasteiger partial charge >= 0.3 is 7.82 Å². The normalized spacial score (nSPS) is 14.6. The average molecular weight is 946 g/mol. The number of carbonyl (C=O) groups is 1. The monoisotopic (exact) mass is 946 g/mol. The minimum Gasteiger partial charge on any atom is -0.391 e. The van der Waals surface area contributed by atoms with Crippen LogP contribution in [0.3, 0.4) is 0 Å². The summed E-state index contributed by atoms with van der Waals surface area (Å²) in [6, 6.07) is -0.762. The third-order valence-corrected chi connectivity index (χ3v) is 13.0. The predicted octanol–water partition coefficient (Wildman–Crippen LogP) is 16.3. The van der Waals surface area contributed by atoms with Crippen molar-refractivity contribution in [3.8, 4) is 0 Å². The van der Waals surface area contributed by atoms with Crippen molar-refractivity contribution in [3.63, 3.8) is 0 Å². The van der Waals surface area contributed by atoms with Gasteiger partial charge in [-0.1, -0.05) is 234 Å². The average Bonchev–Trinajstić information content (AvgIpc) is 3.28. The van der Waals surface area contributed by atoms with Gasteiger partial charge in [-0.25, -0.2) is 4.57 Å². The van der Waals surface area contributed by atoms with E-state index in [9.17, 15) is 19.4 Å². The number of rotatable bonds is 49. The van der Waals surface area contributed by atoms with Gasteiger partial charge in [-0.05, 0) is 64.2 Å². The second kappa shape index (κ2) is 48.0. The molecule has 0 aliphatic rings. The molecule has 3 unspecified atom stereocenters. The van der Waals surface area contributed by atoms with E-state index in [-0.39, 0.29) is 19.1 Å². The number of quaternary nitrogens is 1. The molecular formula is C57H106N2O6P+. The summed E-state index contributed by atoms with van der Waals surface area (Å²) in [6.45, 7) is 4.76. The van der Waals surface area contributed by atoms with Gasteiger partial charge in [0, 0.05) is 6.42 Å². The first kappa shape index (κ1) is 63.9. The van der Waals surface area contributed by atoms with Gasteiger partial charge in [0.15, 0.2) is 0 Å². The number of nitrogens with one attached hydrogen (secondary N) is 1. The number of amides is 1. The van der Waals surface area contributed by atoms with Crippen LogP contribution in [0.5, 0.6) is 0 Å². The van der Waals surface area contributed by atoms with Gasteiger partial charge in [0.25, 0.3) is 0 Å². The highest BCUT2D eigenvalue weighted by Crippen LogP contribution is 2.43. The topological polar surface area (TPSA) is 105 Å². The fourth-order valence-corrected chi connectivity index (χ4v) is 8.43. The van der Waals surface area contributed by atoms with Crippen molar-refractivity contribution in [2.24, 2.45) is 0 Å². The van der Waals surface area contributed by atoms with E-state index in [4.69, 9.17) is 9.05 Å². The smallest absolute Gasteiger partial charge is 0.391 e. The second-order valence-electron chi connectivity index (χ2n) is 19.6. The largest absolute Gasteiger partial charge is 0.472 e. The van der Waals surface area contributed by atoms with Crippen LogP contribution >= 0.6 is 7.82 Å². The van der Waals surface area contributed by atoms with E-state index in [1.54, 1.807) is 0 Å². The predicted molar refractivity (Wildman–Crippen MR) is 286 cm³/mol. The molecule has 0 aliphatic heterocycles. The molecule has 0 aromatic rings. The highest BCUT2D eigenvalue weighted by molar-refractivity contribution is 7.47. The molecule has 0 saturated heterocycles. The first-order chi connectivity index (χ1) is 32.0. The Morgan fingerprint density at radius 3 is 1.33 bits per heavy atom. The van der Waals surface area contributed by atoms with Crippen LogP contribution in [0.2, 0.25) is 0 Å². The molecule has 66 heavy (non-hydrogen) atoms. The number of allylic oxidation sites excluding steroid dienone is 12. The van der Waals surface area contributed by atoms with Gasteiger partial charge in [-0.3, -0.25) is 13.8 Å². The van der Waals surface area contributed by atoms with Crippen molar-refractivity contribution in [3.05, 3.63) is 72.9 Å². The van der Waals surface area contributed by atoms with Crippen molar-refractivity contribution in [1.29, 1.82) is 0 Å². The first-order valence-electron chi connectivity index (χ1n) is 27.3. The van der Waals surface area contributed by atoms with Crippen LogP contribution in [-0.2, 0) is 18.4 Å². The van der Waals surface area contributed by atoms with Gasteiger partial charge in [-0.15, -0.1) is 0 Å². The molecule has 3 N–H and O–H groups in total. The number of aliphatic hydroxyl groups is 1. The number of carbonyl (C=O) groups excluding carboxylic acids is 1. The standard InChI is InChI=1S/C57H105N2O6P/c1-6-8-10-12-14-16-18-19-20-21-22-23-24-25-26-27-28-29-30-31-32-33-34-35-36-37-38-39-41-43-45-47-49-51-57(61)58-55(54-65-66(62,63)64-53-52-59(3,4)5)56(60)50-48-46-44-42-40-17-15-13-11-9-7-2/h8,10,14,16,19-20,22-23,25-26,28-29,55-56,60H,6-7,9,11-13,15,17-18,21,24,27,30-54H2,1-5H3,(H-,58,61,62,63)/p+1/b10-8-,16-14-,20-19-,23-22-,26-25-,29-28-. The van der Waals surface area contributed by atoms with E-state index in [1.165, 1.54) is 128 Å². The van der Waals surface area contributed by atoms with E-state index in [2.05, 4.69) is 92.1 Å². The Kier molecular flexibility index (Phi) is 46.5. The lowest BCUT2D eigenvalue weighted by Gasteiger charge is -2.26. The Balaban J connectivity index is 4.03. The molecule has 0 radical (unpaired) electrons. The summed E-state index contributed by atoms with van der Waals surface area (Å²) >= 11 is 0. The number of aliphatic hydroxyl groups excluding tert-OH is 1. The summed E-state index contributed by atoms with van der Waals surface area (Å²) in [5, 5.41) is 14.0. The van der Waals surface area contributed by atoms with E-state index < -0.39 is 20.0 Å². The summed E-state index contributed by atoms with van der Waals surface area (Å²) in [5.41, 5.74) is 0. The Morgan fingerprint density at radius 1 is 0.530 bits per heavy atom. The number of phosphoric ester groups is 1. The van der Waals surface area contributed by atoms with Crippen LogP contribution in [0.4, 0.5) is 0 Å². The van der Waals surface area contributed by atoms with Crippen LogP contribution in [0.15, 0.2) is 72.9 Å². The van der Waals surface area contributed by atoms with Crippen LogP contribution in [0.25, 0.3) is 0 Å². The third kappa shape index (κ3) is 49.8. The number of unbranched alkanes of at least 4 members (excludes halogenated alkanes) is 24. The summed E-state index contributed by atoms with van der Waals surface area (Å²) in [4.78, 5) is 23.2. The minimum atomic E-state index is -4.32. The fraction of sp³-hybridized carbons (Fsp3) is 0.772. The molecule has 0 bridgehead atoms. The van der Waals surface area contributed by atoms with E-state index >= 15 is 0 Å². The van der Waals surface area contributed by atoms with Crippen LogP contribution < -0.4 is 5.32 Å². The Hall–Kier alpha value is -2.06. The maximum atomic E-state index is 12.9. The minimum absolute atomic E-state index is 0.0728. The highest BCUT2D eigenvalue weighted by atomic mass is 31.2. The highest BCUT2D eigenvalue weighted by Gasteiger charge is 2.28. The summed E-state index contributed by atoms with van der Waals surface area (Å²) < 4.78 is 23.7. The van der Waals surface area contributed by atoms with Gasteiger partial charge in [0.2, 0.25) is 5.91 Å². The molecule has 8 nitrogen and oxygen atoms in total. The molecule has 0 fully saturated rings. The Bertz CT molecular complexity index is 1300. The zero-order valence-corrected chi connectivity index (χ0v) is 44.6. The SMILES string of the molecule is CC/C=C\C/C=C\C/C=C\C/C=C\C/C=C\C/C=C\CCCCCCCCCCCCCCCCC(=O)NC(COP(=O)(O)OCC[N+](C)(C)C)C(O)CCCCCCCCCCCCC. The maximum Gasteiger partial charge on any atom is 0.472 e. The maximum absolute atomic E-state index is 12.9. The molecule has 3 atom stereocenters. The number of nitrogens with zero attached hydrogens (tertiary/aromatic N) is 1. The van der Waals surface area contributed by atoms with E-state index in [0.717, 1.165) is 77.0 Å². The molecular weight excluding hydrogens is 840 g/mol. The Labute approximate surface area is 408 Å². The zero-order valence-electron chi connectivity index (χ0n) is 43.7. The lowest BCUT2D eigenvalue weighted by Crippen LogP contribution is -2.46. The molecule has 0 saturated carbocycles. The third-order valence-electron chi connectivity index (χ3n) is 12.0. The van der Waals surface area contributed by atoms with Crippen LogP contribution in [-0.4, -0.2) is 73.4 Å². The molecule has 0 aromatic heterocycles. The van der Waals surface area contributed by atoms with Crippen molar-refractivity contribution >= 4 is 13.7 Å². The molecule has 1 amide bonds. The molecule has 9 heteroatoms. The summed E-state index contributed by atoms with van der Waals surface area (Å²) in [6.07, 6.45) is 65.3. The molecule has 0 aliphatic carbocycles. The van der Waals surface area contributed by atoms with Crippen LogP contribution in [0.1, 0.15) is 232 Å². The number of phosphoric acid groups is 1. The number of hydrogen-bond acceptors (Lipinski definition) is 5. The van der Waals surface area contributed by atoms with Gasteiger partial charge < -0.3 is 19.8 Å². The van der Waals surface area contributed by atoms with E-state index in [1.807, 2.05) is 21.1 Å². The first-order valence-corrected chi connectivity index (χ1v) is 28.8. The molecule has 0 spiro atoms. The quantitative estimate of drug-likeness (QED) is 0.0243. The van der Waals surface area contributed by atoms with Crippen molar-refractivity contribution in [1.82, 2.24) is 5.32 Å². The second-order valence-corrected chi connectivity index (χ2v) is 21.0. The van der Waals surface area contributed by atoms with Crippen molar-refractivity contribution < 1.29 is 32.9 Å². The van der Waals surface area contributed by atoms with Gasteiger partial charge in [0.05, 0.1) is 39.9 Å². The molecule has 384 valence electrons. The molecule has 0 rings (SSSR count). The van der Waals surface area contributed by atoms with Crippen molar-refractivity contribution in [2.75, 3.05) is 40.9 Å². The van der Waals surface area contributed by atoms with Gasteiger partial charge in [0.1, 0.15) is 13.2 Å².